The van der Waals surface area contributed by atoms with Crippen molar-refractivity contribution in [1.82, 2.24) is 15.3 Å². The summed E-state index contributed by atoms with van der Waals surface area (Å²) in [5.74, 6) is -0.276. The average molecular weight is 497 g/mol. The third-order valence-electron chi connectivity index (χ3n) is 6.97. The zero-order valence-electron chi connectivity index (χ0n) is 20.0. The highest BCUT2D eigenvalue weighted by atomic mass is 32.1. The van der Waals surface area contributed by atoms with Crippen LogP contribution in [0.25, 0.3) is 22.2 Å². The lowest BCUT2D eigenvalue weighted by atomic mass is 9.96. The maximum Gasteiger partial charge on any atom is 0.257 e. The second kappa shape index (κ2) is 9.82. The van der Waals surface area contributed by atoms with Crippen LogP contribution in [0.2, 0.25) is 0 Å². The molecule has 6 nitrogen and oxygen atoms in total. The van der Waals surface area contributed by atoms with Gasteiger partial charge in [-0.25, -0.2) is 4.98 Å². The van der Waals surface area contributed by atoms with E-state index in [4.69, 9.17) is 4.98 Å². The molecule has 182 valence electrons. The van der Waals surface area contributed by atoms with Crippen LogP contribution in [0.3, 0.4) is 0 Å². The predicted octanol–water partition coefficient (Wildman–Crippen LogP) is 6.16. The smallest absolute Gasteiger partial charge is 0.257 e. The Hall–Kier alpha value is -3.58. The van der Waals surface area contributed by atoms with Gasteiger partial charge >= 0.3 is 0 Å². The maximum absolute atomic E-state index is 13.8. The number of hydrogen-bond donors (Lipinski definition) is 2. The molecular formula is C29H28N4O2S. The lowest BCUT2D eigenvalue weighted by Gasteiger charge is -2.13. The summed E-state index contributed by atoms with van der Waals surface area (Å²) in [6.45, 7) is 0. The molecule has 0 bridgehead atoms. The van der Waals surface area contributed by atoms with Crippen LogP contribution in [-0.2, 0) is 12.8 Å². The van der Waals surface area contributed by atoms with E-state index in [9.17, 15) is 9.59 Å². The molecule has 1 saturated carbocycles. The summed E-state index contributed by atoms with van der Waals surface area (Å²) >= 11 is 1.57. The van der Waals surface area contributed by atoms with Crippen molar-refractivity contribution in [2.75, 3.05) is 5.32 Å². The lowest BCUT2D eigenvalue weighted by molar-refractivity contribution is 0.0951. The third-order valence-corrected chi connectivity index (χ3v) is 8.18. The minimum atomic E-state index is -0.224. The van der Waals surface area contributed by atoms with Crippen molar-refractivity contribution in [3.63, 3.8) is 0 Å². The van der Waals surface area contributed by atoms with Crippen molar-refractivity contribution >= 4 is 39.1 Å². The van der Waals surface area contributed by atoms with Gasteiger partial charge < -0.3 is 10.6 Å². The van der Waals surface area contributed by atoms with Gasteiger partial charge in [-0.05, 0) is 68.4 Å². The van der Waals surface area contributed by atoms with Gasteiger partial charge in [-0.2, -0.15) is 0 Å². The van der Waals surface area contributed by atoms with E-state index in [0.717, 1.165) is 60.6 Å². The second-order valence-electron chi connectivity index (χ2n) is 9.63. The van der Waals surface area contributed by atoms with Gasteiger partial charge in [0, 0.05) is 34.3 Å². The van der Waals surface area contributed by atoms with Crippen LogP contribution in [0.4, 0.5) is 5.00 Å². The molecule has 2 N–H and O–H groups in total. The van der Waals surface area contributed by atoms with Crippen LogP contribution in [0, 0.1) is 0 Å². The SMILES string of the molecule is O=C(NC1CC1)c1c(NC(=O)c2cc(-c3ccncc3)nc3ccccc23)sc2c1CCCCCC2. The van der Waals surface area contributed by atoms with Crippen LogP contribution < -0.4 is 10.6 Å². The molecule has 2 aliphatic rings. The quantitative estimate of drug-likeness (QED) is 0.346. The number of aromatic nitrogens is 2. The minimum Gasteiger partial charge on any atom is -0.349 e. The van der Waals surface area contributed by atoms with E-state index in [1.807, 2.05) is 42.5 Å². The van der Waals surface area contributed by atoms with Crippen molar-refractivity contribution in [2.24, 2.45) is 0 Å². The minimum absolute atomic E-state index is 0.0528. The van der Waals surface area contributed by atoms with Crippen molar-refractivity contribution in [2.45, 2.75) is 57.4 Å². The number of rotatable bonds is 5. The number of pyridine rings is 2. The Bertz CT molecular complexity index is 1440. The monoisotopic (exact) mass is 496 g/mol. The number of benzene rings is 1. The van der Waals surface area contributed by atoms with Crippen LogP contribution in [0.15, 0.2) is 54.9 Å². The van der Waals surface area contributed by atoms with Gasteiger partial charge in [0.05, 0.1) is 22.3 Å². The fourth-order valence-electron chi connectivity index (χ4n) is 4.94. The molecule has 6 rings (SSSR count). The normalized spacial score (nSPS) is 15.6. The van der Waals surface area contributed by atoms with Crippen molar-refractivity contribution in [1.29, 1.82) is 0 Å². The van der Waals surface area contributed by atoms with Gasteiger partial charge in [0.2, 0.25) is 0 Å². The summed E-state index contributed by atoms with van der Waals surface area (Å²) in [4.78, 5) is 37.3. The summed E-state index contributed by atoms with van der Waals surface area (Å²) in [7, 11) is 0. The van der Waals surface area contributed by atoms with Crippen molar-refractivity contribution < 1.29 is 9.59 Å². The Labute approximate surface area is 214 Å². The largest absolute Gasteiger partial charge is 0.349 e. The Morgan fingerprint density at radius 3 is 2.50 bits per heavy atom. The Morgan fingerprint density at radius 2 is 1.69 bits per heavy atom. The van der Waals surface area contributed by atoms with E-state index in [1.54, 1.807) is 23.7 Å². The van der Waals surface area contributed by atoms with E-state index in [-0.39, 0.29) is 17.9 Å². The molecule has 0 aliphatic heterocycles. The number of nitrogens with zero attached hydrogens (tertiary/aromatic N) is 2. The molecule has 4 aromatic rings. The van der Waals surface area contributed by atoms with Gasteiger partial charge in [-0.15, -0.1) is 11.3 Å². The highest BCUT2D eigenvalue weighted by molar-refractivity contribution is 7.17. The summed E-state index contributed by atoms with van der Waals surface area (Å²) < 4.78 is 0. The number of nitrogens with one attached hydrogen (secondary N) is 2. The Kier molecular flexibility index (Phi) is 6.23. The highest BCUT2D eigenvalue weighted by Gasteiger charge is 2.30. The number of para-hydroxylation sites is 1. The van der Waals surface area contributed by atoms with E-state index in [1.165, 1.54) is 17.7 Å². The number of carbonyl (C=O) groups is 2. The van der Waals surface area contributed by atoms with Crippen molar-refractivity contribution in [3.8, 4) is 11.3 Å². The van der Waals surface area contributed by atoms with Crippen LogP contribution in [0.1, 0.15) is 69.7 Å². The molecule has 1 fully saturated rings. The number of anilines is 1. The number of carbonyl (C=O) groups excluding carboxylic acids is 2. The van der Waals surface area contributed by atoms with Gasteiger partial charge in [-0.3, -0.25) is 14.6 Å². The molecule has 0 spiro atoms. The first kappa shape index (κ1) is 22.9. The van der Waals surface area contributed by atoms with Crippen LogP contribution in [-0.4, -0.2) is 27.8 Å². The molecule has 0 radical (unpaired) electrons. The topological polar surface area (TPSA) is 84.0 Å². The average Bonchev–Trinajstić information content (AvgIpc) is 3.64. The molecular weight excluding hydrogens is 468 g/mol. The summed E-state index contributed by atoms with van der Waals surface area (Å²) in [6.07, 6.45) is 11.9. The third kappa shape index (κ3) is 4.63. The van der Waals surface area contributed by atoms with Crippen LogP contribution >= 0.6 is 11.3 Å². The second-order valence-corrected chi connectivity index (χ2v) is 10.7. The highest BCUT2D eigenvalue weighted by Crippen LogP contribution is 2.38. The first-order chi connectivity index (χ1) is 17.7. The molecule has 2 aliphatic carbocycles. The van der Waals surface area contributed by atoms with E-state index >= 15 is 0 Å². The number of aryl methyl sites for hydroxylation is 1. The van der Waals surface area contributed by atoms with Crippen LogP contribution in [0.5, 0.6) is 0 Å². The first-order valence-electron chi connectivity index (χ1n) is 12.7. The standard InChI is InChI=1S/C29H28N4O2S/c34-27(22-17-24(18-13-15-30-16-14-18)32-23-9-6-5-7-20(22)23)33-29-26(28(35)31-19-11-12-19)21-8-3-1-2-4-10-25(21)36-29/h5-7,9,13-17,19H,1-4,8,10-12H2,(H,31,35)(H,33,34). The molecule has 2 amide bonds. The Balaban J connectivity index is 1.41. The summed E-state index contributed by atoms with van der Waals surface area (Å²) in [6, 6.07) is 13.5. The summed E-state index contributed by atoms with van der Waals surface area (Å²) in [5, 5.41) is 7.75. The van der Waals surface area contributed by atoms with Gasteiger partial charge in [0.1, 0.15) is 5.00 Å². The molecule has 0 saturated heterocycles. The number of fused-ring (bicyclic) bond motifs is 2. The van der Waals surface area contributed by atoms with Gasteiger partial charge in [0.15, 0.2) is 0 Å². The zero-order chi connectivity index (χ0) is 24.5. The Morgan fingerprint density at radius 1 is 0.917 bits per heavy atom. The zero-order valence-corrected chi connectivity index (χ0v) is 20.9. The number of hydrogen-bond acceptors (Lipinski definition) is 5. The maximum atomic E-state index is 13.8. The molecule has 7 heteroatoms. The molecule has 3 heterocycles. The lowest BCUT2D eigenvalue weighted by Crippen LogP contribution is -2.27. The predicted molar refractivity (Wildman–Crippen MR) is 144 cm³/mol. The fraction of sp³-hybridized carbons (Fsp3) is 0.310. The van der Waals surface area contributed by atoms with E-state index < -0.39 is 0 Å². The van der Waals surface area contributed by atoms with Gasteiger partial charge in [-0.1, -0.05) is 31.0 Å². The fourth-order valence-corrected chi connectivity index (χ4v) is 6.22. The molecule has 0 unspecified atom stereocenters. The van der Waals surface area contributed by atoms with Crippen molar-refractivity contribution in [3.05, 3.63) is 76.4 Å². The van der Waals surface area contributed by atoms with Gasteiger partial charge in [0.25, 0.3) is 11.8 Å². The molecule has 3 aromatic heterocycles. The number of amides is 2. The molecule has 1 aromatic carbocycles. The van der Waals surface area contributed by atoms with E-state index in [0.29, 0.717) is 21.8 Å². The number of thiophene rings is 1. The van der Waals surface area contributed by atoms with E-state index in [2.05, 4.69) is 15.6 Å². The molecule has 0 atom stereocenters. The first-order valence-corrected chi connectivity index (χ1v) is 13.6. The molecule has 36 heavy (non-hydrogen) atoms. The summed E-state index contributed by atoms with van der Waals surface area (Å²) in [5.41, 5.74) is 4.71.